The fraction of sp³-hybridized carbons (Fsp3) is 0.333. The molecule has 0 saturated heterocycles. The van der Waals surface area contributed by atoms with Crippen LogP contribution in [0.5, 0.6) is 11.5 Å². The van der Waals surface area contributed by atoms with E-state index in [1.54, 1.807) is 20.2 Å². The van der Waals surface area contributed by atoms with Crippen molar-refractivity contribution in [3.05, 3.63) is 54.1 Å². The first-order valence-electron chi connectivity index (χ1n) is 9.18. The van der Waals surface area contributed by atoms with Gasteiger partial charge < -0.3 is 25.4 Å². The number of nitrogens with one attached hydrogen (secondary N) is 3. The van der Waals surface area contributed by atoms with Crippen molar-refractivity contribution in [3.8, 4) is 11.5 Å². The number of carbonyl (C=O) groups is 1. The van der Waals surface area contributed by atoms with Crippen LogP contribution in [0.3, 0.4) is 0 Å². The SMILES string of the molecule is CN=C(NCCOc1cccc(NC(C)=O)c1)NCCc1ccc(OC)cc1.I. The second-order valence-electron chi connectivity index (χ2n) is 6.08. The Kier molecular flexibility index (Phi) is 11.6. The minimum atomic E-state index is -0.108. The number of guanidine groups is 1. The van der Waals surface area contributed by atoms with E-state index in [4.69, 9.17) is 9.47 Å². The van der Waals surface area contributed by atoms with Crippen molar-refractivity contribution in [1.29, 1.82) is 0 Å². The van der Waals surface area contributed by atoms with E-state index >= 15 is 0 Å². The summed E-state index contributed by atoms with van der Waals surface area (Å²) in [6.45, 7) is 3.33. The molecule has 3 N–H and O–H groups in total. The van der Waals surface area contributed by atoms with Crippen LogP contribution >= 0.6 is 24.0 Å². The number of hydrogen-bond acceptors (Lipinski definition) is 4. The maximum atomic E-state index is 11.1. The highest BCUT2D eigenvalue weighted by Gasteiger charge is 2.01. The lowest BCUT2D eigenvalue weighted by Gasteiger charge is -2.13. The summed E-state index contributed by atoms with van der Waals surface area (Å²) >= 11 is 0. The predicted molar refractivity (Wildman–Crippen MR) is 128 cm³/mol. The second-order valence-corrected chi connectivity index (χ2v) is 6.08. The maximum Gasteiger partial charge on any atom is 0.221 e. The lowest BCUT2D eigenvalue weighted by Crippen LogP contribution is -2.40. The first kappa shape index (κ1) is 24.5. The van der Waals surface area contributed by atoms with Gasteiger partial charge in [0.05, 0.1) is 13.7 Å². The Labute approximate surface area is 189 Å². The Bertz CT molecular complexity index is 782. The summed E-state index contributed by atoms with van der Waals surface area (Å²) in [6, 6.07) is 15.3. The summed E-state index contributed by atoms with van der Waals surface area (Å²) in [6.07, 6.45) is 0.886. The minimum absolute atomic E-state index is 0. The highest BCUT2D eigenvalue weighted by Crippen LogP contribution is 2.17. The third-order valence-corrected chi connectivity index (χ3v) is 3.91. The number of rotatable bonds is 9. The highest BCUT2D eigenvalue weighted by atomic mass is 127. The fourth-order valence-electron chi connectivity index (χ4n) is 2.54. The van der Waals surface area contributed by atoms with Crippen molar-refractivity contribution in [3.63, 3.8) is 0 Å². The summed E-state index contributed by atoms with van der Waals surface area (Å²) in [5, 5.41) is 9.23. The number of carbonyl (C=O) groups excluding carboxylic acids is 1. The van der Waals surface area contributed by atoms with Gasteiger partial charge in [-0.25, -0.2) is 0 Å². The Morgan fingerprint density at radius 1 is 1.03 bits per heavy atom. The zero-order valence-corrected chi connectivity index (χ0v) is 19.4. The van der Waals surface area contributed by atoms with Gasteiger partial charge in [0.1, 0.15) is 18.1 Å². The number of ether oxygens (including phenoxy) is 2. The number of halogens is 1. The van der Waals surface area contributed by atoms with Crippen molar-refractivity contribution >= 4 is 41.5 Å². The summed E-state index contributed by atoms with van der Waals surface area (Å²) < 4.78 is 10.9. The molecular weight excluding hydrogens is 483 g/mol. The van der Waals surface area contributed by atoms with Crippen LogP contribution in [0.4, 0.5) is 5.69 Å². The van der Waals surface area contributed by atoms with E-state index in [1.807, 2.05) is 30.3 Å². The summed E-state index contributed by atoms with van der Waals surface area (Å²) in [5.74, 6) is 2.18. The monoisotopic (exact) mass is 512 g/mol. The molecule has 7 nitrogen and oxygen atoms in total. The van der Waals surface area contributed by atoms with Gasteiger partial charge in [-0.15, -0.1) is 24.0 Å². The van der Waals surface area contributed by atoms with Gasteiger partial charge in [0, 0.05) is 32.3 Å². The van der Waals surface area contributed by atoms with Gasteiger partial charge >= 0.3 is 0 Å². The number of hydrogen-bond donors (Lipinski definition) is 3. The normalized spacial score (nSPS) is 10.5. The molecule has 0 atom stereocenters. The van der Waals surface area contributed by atoms with Crippen LogP contribution in [0.15, 0.2) is 53.5 Å². The van der Waals surface area contributed by atoms with E-state index in [0.717, 1.165) is 24.7 Å². The molecule has 0 spiro atoms. The molecule has 0 unspecified atom stereocenters. The van der Waals surface area contributed by atoms with E-state index < -0.39 is 0 Å². The molecule has 2 rings (SSSR count). The van der Waals surface area contributed by atoms with E-state index in [-0.39, 0.29) is 29.9 Å². The molecule has 0 heterocycles. The van der Waals surface area contributed by atoms with Gasteiger partial charge in [-0.3, -0.25) is 9.79 Å². The first-order valence-corrected chi connectivity index (χ1v) is 9.18. The number of methoxy groups -OCH3 is 1. The van der Waals surface area contributed by atoms with Crippen LogP contribution in [-0.2, 0) is 11.2 Å². The topological polar surface area (TPSA) is 84.0 Å². The molecule has 0 aliphatic carbocycles. The molecule has 0 aliphatic heterocycles. The molecule has 29 heavy (non-hydrogen) atoms. The summed E-state index contributed by atoms with van der Waals surface area (Å²) in [4.78, 5) is 15.3. The molecule has 1 amide bonds. The Morgan fingerprint density at radius 3 is 2.41 bits per heavy atom. The van der Waals surface area contributed by atoms with Gasteiger partial charge in [0.25, 0.3) is 0 Å². The van der Waals surface area contributed by atoms with Crippen molar-refractivity contribution in [1.82, 2.24) is 10.6 Å². The second kappa shape index (κ2) is 13.6. The van der Waals surface area contributed by atoms with Crippen LogP contribution in [-0.4, -0.2) is 45.7 Å². The van der Waals surface area contributed by atoms with Crippen LogP contribution in [0.1, 0.15) is 12.5 Å². The third-order valence-electron chi connectivity index (χ3n) is 3.91. The lowest BCUT2D eigenvalue weighted by atomic mass is 10.1. The van der Waals surface area contributed by atoms with Crippen molar-refractivity contribution < 1.29 is 14.3 Å². The van der Waals surface area contributed by atoms with Gasteiger partial charge in [-0.2, -0.15) is 0 Å². The van der Waals surface area contributed by atoms with Crippen LogP contribution in [0, 0.1) is 0 Å². The van der Waals surface area contributed by atoms with Crippen molar-refractivity contribution in [2.45, 2.75) is 13.3 Å². The highest BCUT2D eigenvalue weighted by molar-refractivity contribution is 14.0. The van der Waals surface area contributed by atoms with Crippen LogP contribution < -0.4 is 25.4 Å². The van der Waals surface area contributed by atoms with E-state index in [9.17, 15) is 4.79 Å². The Hall–Kier alpha value is -2.49. The molecule has 0 saturated carbocycles. The van der Waals surface area contributed by atoms with Gasteiger partial charge in [0.15, 0.2) is 5.96 Å². The molecule has 2 aromatic rings. The summed E-state index contributed by atoms with van der Waals surface area (Å²) in [5.41, 5.74) is 1.94. The van der Waals surface area contributed by atoms with E-state index in [2.05, 4.69) is 33.1 Å². The third kappa shape index (κ3) is 9.51. The van der Waals surface area contributed by atoms with Crippen molar-refractivity contribution in [2.24, 2.45) is 4.99 Å². The number of benzene rings is 2. The predicted octanol–water partition coefficient (Wildman–Crippen LogP) is 3.06. The molecule has 0 aliphatic rings. The number of nitrogens with zero attached hydrogens (tertiary/aromatic N) is 1. The molecule has 0 bridgehead atoms. The lowest BCUT2D eigenvalue weighted by molar-refractivity contribution is -0.114. The molecule has 2 aromatic carbocycles. The Morgan fingerprint density at radius 2 is 1.76 bits per heavy atom. The molecular formula is C21H29IN4O3. The van der Waals surface area contributed by atoms with Crippen LogP contribution in [0.2, 0.25) is 0 Å². The minimum Gasteiger partial charge on any atom is -0.497 e. The largest absolute Gasteiger partial charge is 0.497 e. The van der Waals surface area contributed by atoms with Gasteiger partial charge in [0.2, 0.25) is 5.91 Å². The number of aliphatic imine (C=N–C) groups is 1. The quantitative estimate of drug-likeness (QED) is 0.208. The maximum absolute atomic E-state index is 11.1. The van der Waals surface area contributed by atoms with Crippen molar-refractivity contribution in [2.75, 3.05) is 39.2 Å². The van der Waals surface area contributed by atoms with Gasteiger partial charge in [-0.05, 0) is 36.2 Å². The molecule has 0 aromatic heterocycles. The summed E-state index contributed by atoms with van der Waals surface area (Å²) in [7, 11) is 3.40. The molecule has 0 radical (unpaired) electrons. The van der Waals surface area contributed by atoms with E-state index in [1.165, 1.54) is 12.5 Å². The average Bonchev–Trinajstić information content (AvgIpc) is 2.70. The Balaban J connectivity index is 0.00000420. The smallest absolute Gasteiger partial charge is 0.221 e. The van der Waals surface area contributed by atoms with E-state index in [0.29, 0.717) is 24.6 Å². The number of amides is 1. The molecule has 158 valence electrons. The van der Waals surface area contributed by atoms with Crippen LogP contribution in [0.25, 0.3) is 0 Å². The standard InChI is InChI=1S/C21H28N4O3.HI/c1-16(26)25-18-5-4-6-20(15-18)28-14-13-24-21(22-2)23-12-11-17-7-9-19(27-3)10-8-17;/h4-10,15H,11-14H2,1-3H3,(H,25,26)(H2,22,23,24);1H. The fourth-order valence-corrected chi connectivity index (χ4v) is 2.54. The molecule has 0 fully saturated rings. The zero-order chi connectivity index (χ0) is 20.2. The number of anilines is 1. The average molecular weight is 512 g/mol. The van der Waals surface area contributed by atoms with Gasteiger partial charge in [-0.1, -0.05) is 18.2 Å². The molecule has 8 heteroatoms. The first-order chi connectivity index (χ1) is 13.6. The zero-order valence-electron chi connectivity index (χ0n) is 17.0.